The van der Waals surface area contributed by atoms with E-state index in [0.29, 0.717) is 18.5 Å². The number of hydrogen-bond acceptors (Lipinski definition) is 4. The first-order valence-corrected chi connectivity index (χ1v) is 6.37. The van der Waals surface area contributed by atoms with E-state index in [0.717, 1.165) is 5.56 Å². The van der Waals surface area contributed by atoms with Gasteiger partial charge in [-0.05, 0) is 18.9 Å². The highest BCUT2D eigenvalue weighted by Gasteiger charge is 2.30. The molecule has 0 spiro atoms. The minimum atomic E-state index is -0.812. The molecule has 0 aliphatic rings. The zero-order valence-corrected chi connectivity index (χ0v) is 12.0. The Morgan fingerprint density at radius 1 is 1.45 bits per heavy atom. The van der Waals surface area contributed by atoms with E-state index in [-0.39, 0.29) is 11.7 Å². The first-order valence-electron chi connectivity index (χ1n) is 6.37. The number of amidine groups is 1. The van der Waals surface area contributed by atoms with Crippen LogP contribution in [-0.2, 0) is 16.1 Å². The van der Waals surface area contributed by atoms with Crippen LogP contribution in [0, 0.1) is 0 Å². The van der Waals surface area contributed by atoms with Gasteiger partial charge in [-0.1, -0.05) is 36.3 Å². The lowest BCUT2D eigenvalue weighted by Crippen LogP contribution is -2.45. The molecular weight excluding hydrogens is 258 g/mol. The number of nitrogens with one attached hydrogen (secondary N) is 1. The number of methoxy groups -OCH3 is 1. The number of ether oxygens (including phenoxy) is 1. The van der Waals surface area contributed by atoms with Gasteiger partial charge in [-0.3, -0.25) is 4.79 Å². The van der Waals surface area contributed by atoms with Crippen LogP contribution in [0.15, 0.2) is 29.4 Å². The van der Waals surface area contributed by atoms with E-state index in [4.69, 9.17) is 15.7 Å². The molecule has 1 aromatic rings. The second-order valence-corrected chi connectivity index (χ2v) is 4.65. The normalized spacial score (nSPS) is 14.7. The predicted molar refractivity (Wildman–Crippen MR) is 76.5 cm³/mol. The number of rotatable bonds is 6. The molecular formula is C14H21N3O3. The van der Waals surface area contributed by atoms with Gasteiger partial charge >= 0.3 is 0 Å². The fourth-order valence-electron chi connectivity index (χ4n) is 1.62. The highest BCUT2D eigenvalue weighted by molar-refractivity contribution is 5.97. The van der Waals surface area contributed by atoms with Crippen molar-refractivity contribution in [3.8, 4) is 0 Å². The Morgan fingerprint density at radius 2 is 2.05 bits per heavy atom. The average Bonchev–Trinajstić information content (AvgIpc) is 2.51. The van der Waals surface area contributed by atoms with Crippen LogP contribution in [0.5, 0.6) is 0 Å². The van der Waals surface area contributed by atoms with Crippen LogP contribution in [0.25, 0.3) is 0 Å². The number of amides is 1. The summed E-state index contributed by atoms with van der Waals surface area (Å²) in [6.45, 7) is 4.05. The first kappa shape index (κ1) is 16.0. The van der Waals surface area contributed by atoms with Gasteiger partial charge in [0.05, 0.1) is 0 Å². The summed E-state index contributed by atoms with van der Waals surface area (Å²) in [4.78, 5) is 12.0. The second-order valence-electron chi connectivity index (χ2n) is 4.65. The minimum Gasteiger partial charge on any atom is -0.409 e. The molecule has 1 rings (SSSR count). The largest absolute Gasteiger partial charge is 0.409 e. The van der Waals surface area contributed by atoms with E-state index >= 15 is 0 Å². The van der Waals surface area contributed by atoms with Gasteiger partial charge in [-0.15, -0.1) is 0 Å². The van der Waals surface area contributed by atoms with E-state index in [1.54, 1.807) is 19.1 Å². The fraction of sp³-hybridized carbons (Fsp3) is 0.429. The molecule has 0 saturated carbocycles. The van der Waals surface area contributed by atoms with Gasteiger partial charge in [-0.25, -0.2) is 0 Å². The van der Waals surface area contributed by atoms with Crippen LogP contribution < -0.4 is 11.1 Å². The fourth-order valence-corrected chi connectivity index (χ4v) is 1.62. The zero-order chi connectivity index (χ0) is 15.2. The van der Waals surface area contributed by atoms with Gasteiger partial charge in [0.1, 0.15) is 5.60 Å². The molecule has 0 aliphatic carbocycles. The third-order valence-corrected chi connectivity index (χ3v) is 3.42. The molecule has 110 valence electrons. The van der Waals surface area contributed by atoms with Crippen LogP contribution in [0.3, 0.4) is 0 Å². The Bertz CT molecular complexity index is 479. The maximum atomic E-state index is 12.0. The van der Waals surface area contributed by atoms with Crippen molar-refractivity contribution < 1.29 is 14.7 Å². The lowest BCUT2D eigenvalue weighted by atomic mass is 10.0. The zero-order valence-electron chi connectivity index (χ0n) is 12.0. The molecule has 20 heavy (non-hydrogen) atoms. The molecule has 1 atom stereocenters. The molecule has 0 radical (unpaired) electrons. The van der Waals surface area contributed by atoms with Crippen LogP contribution in [-0.4, -0.2) is 29.7 Å². The van der Waals surface area contributed by atoms with Crippen molar-refractivity contribution >= 4 is 11.7 Å². The summed E-state index contributed by atoms with van der Waals surface area (Å²) in [7, 11) is 1.52. The summed E-state index contributed by atoms with van der Waals surface area (Å²) in [5, 5.41) is 14.3. The van der Waals surface area contributed by atoms with E-state index in [2.05, 4.69) is 10.5 Å². The smallest absolute Gasteiger partial charge is 0.252 e. The Hall–Kier alpha value is -2.08. The predicted octanol–water partition coefficient (Wildman–Crippen LogP) is 1.21. The van der Waals surface area contributed by atoms with E-state index < -0.39 is 5.60 Å². The summed E-state index contributed by atoms with van der Waals surface area (Å²) in [5.74, 6) is -0.0958. The number of benzene rings is 1. The minimum absolute atomic E-state index is 0.0542. The van der Waals surface area contributed by atoms with Gasteiger partial charge in [0.15, 0.2) is 5.84 Å². The summed E-state index contributed by atoms with van der Waals surface area (Å²) in [6, 6.07) is 7.07. The molecule has 6 heteroatoms. The topological polar surface area (TPSA) is 96.9 Å². The third kappa shape index (κ3) is 3.71. The van der Waals surface area contributed by atoms with Crippen molar-refractivity contribution in [2.45, 2.75) is 32.4 Å². The molecule has 1 amide bonds. The Kier molecular flexibility index (Phi) is 5.52. The van der Waals surface area contributed by atoms with E-state index in [1.165, 1.54) is 7.11 Å². The molecule has 0 bridgehead atoms. The van der Waals surface area contributed by atoms with Crippen LogP contribution >= 0.6 is 0 Å². The summed E-state index contributed by atoms with van der Waals surface area (Å²) >= 11 is 0. The molecule has 1 aromatic carbocycles. The maximum Gasteiger partial charge on any atom is 0.252 e. The van der Waals surface area contributed by atoms with Crippen molar-refractivity contribution in [2.24, 2.45) is 10.9 Å². The maximum absolute atomic E-state index is 12.0. The van der Waals surface area contributed by atoms with E-state index in [9.17, 15) is 4.79 Å². The Labute approximate surface area is 118 Å². The standard InChI is InChI=1S/C14H21N3O3/c1-4-14(2,20-3)13(18)16-9-10-5-7-11(8-6-10)12(15)17-19/h5-8,19H,4,9H2,1-3H3,(H2,15,17)(H,16,18). The van der Waals surface area contributed by atoms with Crippen molar-refractivity contribution in [3.63, 3.8) is 0 Å². The Morgan fingerprint density at radius 3 is 2.50 bits per heavy atom. The number of carbonyl (C=O) groups excluding carboxylic acids is 1. The lowest BCUT2D eigenvalue weighted by Gasteiger charge is -2.25. The van der Waals surface area contributed by atoms with Crippen LogP contribution in [0.4, 0.5) is 0 Å². The molecule has 0 heterocycles. The molecule has 4 N–H and O–H groups in total. The number of nitrogens with zero attached hydrogens (tertiary/aromatic N) is 1. The number of carbonyl (C=O) groups is 1. The summed E-state index contributed by atoms with van der Waals surface area (Å²) < 4.78 is 5.23. The quantitative estimate of drug-likeness (QED) is 0.315. The SMILES string of the molecule is CCC(C)(OC)C(=O)NCc1ccc(/C(N)=N/O)cc1. The van der Waals surface area contributed by atoms with Crippen LogP contribution in [0.2, 0.25) is 0 Å². The number of nitrogens with two attached hydrogens (primary N) is 1. The highest BCUT2D eigenvalue weighted by atomic mass is 16.5. The van der Waals surface area contributed by atoms with Gasteiger partial charge < -0.3 is 21.0 Å². The summed E-state index contributed by atoms with van der Waals surface area (Å²) in [6.07, 6.45) is 0.595. The van der Waals surface area contributed by atoms with Gasteiger partial charge in [-0.2, -0.15) is 0 Å². The molecule has 0 aliphatic heterocycles. The van der Waals surface area contributed by atoms with Crippen molar-refractivity contribution in [3.05, 3.63) is 35.4 Å². The molecule has 0 fully saturated rings. The third-order valence-electron chi connectivity index (χ3n) is 3.42. The van der Waals surface area contributed by atoms with Crippen LogP contribution in [0.1, 0.15) is 31.4 Å². The first-order chi connectivity index (χ1) is 9.46. The molecule has 6 nitrogen and oxygen atoms in total. The van der Waals surface area contributed by atoms with Gasteiger partial charge in [0, 0.05) is 19.2 Å². The molecule has 0 aromatic heterocycles. The lowest BCUT2D eigenvalue weighted by molar-refractivity contribution is -0.142. The van der Waals surface area contributed by atoms with Crippen molar-refractivity contribution in [1.82, 2.24) is 5.32 Å². The van der Waals surface area contributed by atoms with Gasteiger partial charge in [0.2, 0.25) is 0 Å². The molecule has 1 unspecified atom stereocenters. The number of oxime groups is 1. The summed E-state index contributed by atoms with van der Waals surface area (Å²) in [5.41, 5.74) is 6.20. The monoisotopic (exact) mass is 279 g/mol. The Balaban J connectivity index is 2.65. The second kappa shape index (κ2) is 6.91. The number of hydrogen-bond donors (Lipinski definition) is 3. The van der Waals surface area contributed by atoms with Crippen molar-refractivity contribution in [1.29, 1.82) is 0 Å². The average molecular weight is 279 g/mol. The van der Waals surface area contributed by atoms with Gasteiger partial charge in [0.25, 0.3) is 5.91 Å². The molecule has 0 saturated heterocycles. The highest BCUT2D eigenvalue weighted by Crippen LogP contribution is 2.14. The van der Waals surface area contributed by atoms with Crippen molar-refractivity contribution in [2.75, 3.05) is 7.11 Å². The van der Waals surface area contributed by atoms with E-state index in [1.807, 2.05) is 19.1 Å².